The lowest BCUT2D eigenvalue weighted by Crippen LogP contribution is -2.26. The van der Waals surface area contributed by atoms with Crippen molar-refractivity contribution in [3.05, 3.63) is 35.8 Å². The summed E-state index contributed by atoms with van der Waals surface area (Å²) in [5, 5.41) is 0.695. The Bertz CT molecular complexity index is 623. The summed E-state index contributed by atoms with van der Waals surface area (Å²) in [7, 11) is 0. The second kappa shape index (κ2) is 4.68. The lowest BCUT2D eigenvalue weighted by Gasteiger charge is -2.19. The highest BCUT2D eigenvalue weighted by atomic mass is 19.1. The number of hydrogen-bond acceptors (Lipinski definition) is 2. The zero-order chi connectivity index (χ0) is 14.2. The number of carbonyl (C=O) groups is 1. The maximum Gasteiger partial charge on any atom is 0.418 e. The van der Waals surface area contributed by atoms with Gasteiger partial charge >= 0.3 is 6.09 Å². The monoisotopic (exact) mass is 263 g/mol. The molecule has 2 aromatic rings. The lowest BCUT2D eigenvalue weighted by molar-refractivity contribution is 0.0544. The van der Waals surface area contributed by atoms with Gasteiger partial charge in [0.05, 0.1) is 5.52 Å². The molecule has 0 aliphatic rings. The van der Waals surface area contributed by atoms with Crippen molar-refractivity contribution in [2.24, 2.45) is 0 Å². The summed E-state index contributed by atoms with van der Waals surface area (Å²) >= 11 is 0. The van der Waals surface area contributed by atoms with E-state index in [1.807, 2.05) is 27.7 Å². The number of halogens is 1. The number of ether oxygens (including phenoxy) is 1. The third-order valence-corrected chi connectivity index (χ3v) is 2.83. The molecule has 0 bridgehead atoms. The lowest BCUT2D eigenvalue weighted by atomic mass is 10.1. The first-order chi connectivity index (χ1) is 8.81. The number of hydrogen-bond donors (Lipinski definition) is 0. The molecule has 0 unspecified atom stereocenters. The zero-order valence-electron chi connectivity index (χ0n) is 11.7. The van der Waals surface area contributed by atoms with Crippen LogP contribution in [0, 0.1) is 5.82 Å². The van der Waals surface area contributed by atoms with Gasteiger partial charge < -0.3 is 4.74 Å². The van der Waals surface area contributed by atoms with E-state index in [0.717, 1.165) is 0 Å². The van der Waals surface area contributed by atoms with Crippen molar-refractivity contribution >= 4 is 17.0 Å². The molecule has 0 radical (unpaired) electrons. The smallest absolute Gasteiger partial charge is 0.418 e. The van der Waals surface area contributed by atoms with Crippen LogP contribution < -0.4 is 0 Å². The molecule has 0 saturated heterocycles. The Kier molecular flexibility index (Phi) is 3.35. The van der Waals surface area contributed by atoms with Crippen molar-refractivity contribution < 1.29 is 13.9 Å². The average Bonchev–Trinajstić information content (AvgIpc) is 2.68. The molecular formula is C15H18FNO2. The van der Waals surface area contributed by atoms with Gasteiger partial charge in [-0.05, 0) is 51.0 Å². The molecule has 0 aliphatic carbocycles. The molecule has 2 rings (SSSR count). The van der Waals surface area contributed by atoms with E-state index in [-0.39, 0.29) is 5.82 Å². The largest absolute Gasteiger partial charge is 0.443 e. The molecule has 0 aliphatic heterocycles. The van der Waals surface area contributed by atoms with Crippen molar-refractivity contribution in [2.45, 2.75) is 39.7 Å². The number of aromatic nitrogens is 1. The predicted octanol–water partition coefficient (Wildman–Crippen LogP) is 4.13. The average molecular weight is 263 g/mol. The fourth-order valence-electron chi connectivity index (χ4n) is 1.94. The molecular weight excluding hydrogens is 245 g/mol. The van der Waals surface area contributed by atoms with Crippen molar-refractivity contribution in [1.29, 1.82) is 0 Å². The van der Waals surface area contributed by atoms with Gasteiger partial charge in [-0.2, -0.15) is 0 Å². The van der Waals surface area contributed by atoms with E-state index in [1.165, 1.54) is 10.6 Å². The summed E-state index contributed by atoms with van der Waals surface area (Å²) < 4.78 is 20.4. The summed E-state index contributed by atoms with van der Waals surface area (Å²) in [4.78, 5) is 12.1. The highest BCUT2D eigenvalue weighted by molar-refractivity contribution is 5.90. The van der Waals surface area contributed by atoms with E-state index < -0.39 is 11.7 Å². The molecule has 0 spiro atoms. The third-order valence-electron chi connectivity index (χ3n) is 2.83. The third kappa shape index (κ3) is 2.78. The topological polar surface area (TPSA) is 31.2 Å². The number of aryl methyl sites for hydroxylation is 1. The first-order valence-electron chi connectivity index (χ1n) is 6.34. The fraction of sp³-hybridized carbons (Fsp3) is 0.400. The van der Waals surface area contributed by atoms with Crippen LogP contribution >= 0.6 is 0 Å². The molecule has 102 valence electrons. The second-order valence-electron chi connectivity index (χ2n) is 5.52. The van der Waals surface area contributed by atoms with Gasteiger partial charge in [0, 0.05) is 11.6 Å². The van der Waals surface area contributed by atoms with Crippen LogP contribution in [0.2, 0.25) is 0 Å². The number of carbonyl (C=O) groups excluding carboxylic acids is 1. The van der Waals surface area contributed by atoms with Crippen LogP contribution in [0.25, 0.3) is 10.9 Å². The van der Waals surface area contributed by atoms with Crippen molar-refractivity contribution in [3.63, 3.8) is 0 Å². The van der Waals surface area contributed by atoms with E-state index in [4.69, 9.17) is 4.74 Å². The molecule has 0 N–H and O–H groups in total. The molecule has 4 heteroatoms. The molecule has 1 aromatic heterocycles. The summed E-state index contributed by atoms with van der Waals surface area (Å²) in [5.74, 6) is -0.239. The summed E-state index contributed by atoms with van der Waals surface area (Å²) in [6, 6.07) is 4.87. The SMILES string of the molecule is CCc1cc2c(ccn2C(=O)OC(C)(C)C)cc1F. The molecule has 0 amide bonds. The van der Waals surface area contributed by atoms with Gasteiger partial charge in [0.1, 0.15) is 11.4 Å². The second-order valence-corrected chi connectivity index (χ2v) is 5.52. The molecule has 1 aromatic carbocycles. The Morgan fingerprint density at radius 3 is 2.63 bits per heavy atom. The van der Waals surface area contributed by atoms with E-state index in [9.17, 15) is 9.18 Å². The van der Waals surface area contributed by atoms with Crippen molar-refractivity contribution in [2.75, 3.05) is 0 Å². The Morgan fingerprint density at radius 1 is 1.37 bits per heavy atom. The van der Waals surface area contributed by atoms with Gasteiger partial charge in [-0.25, -0.2) is 9.18 Å². The van der Waals surface area contributed by atoms with Crippen LogP contribution in [0.4, 0.5) is 9.18 Å². The fourth-order valence-corrected chi connectivity index (χ4v) is 1.94. The van der Waals surface area contributed by atoms with Gasteiger partial charge in [-0.1, -0.05) is 6.92 Å². The van der Waals surface area contributed by atoms with E-state index in [2.05, 4.69) is 0 Å². The van der Waals surface area contributed by atoms with Crippen LogP contribution in [0.15, 0.2) is 24.4 Å². The van der Waals surface area contributed by atoms with Crippen molar-refractivity contribution in [1.82, 2.24) is 4.57 Å². The Balaban J connectivity index is 2.47. The Labute approximate surface area is 112 Å². The number of fused-ring (bicyclic) bond motifs is 1. The maximum atomic E-state index is 13.7. The minimum absolute atomic E-state index is 0.239. The first kappa shape index (κ1) is 13.6. The van der Waals surface area contributed by atoms with Crippen LogP contribution in [0.5, 0.6) is 0 Å². The van der Waals surface area contributed by atoms with Gasteiger partial charge in [-0.15, -0.1) is 0 Å². The molecule has 0 saturated carbocycles. The van der Waals surface area contributed by atoms with Crippen LogP contribution in [-0.4, -0.2) is 16.3 Å². The van der Waals surface area contributed by atoms with Crippen LogP contribution in [-0.2, 0) is 11.2 Å². The highest BCUT2D eigenvalue weighted by Gasteiger charge is 2.19. The molecule has 0 fully saturated rings. The Morgan fingerprint density at radius 2 is 2.05 bits per heavy atom. The highest BCUT2D eigenvalue weighted by Crippen LogP contribution is 2.22. The first-order valence-corrected chi connectivity index (χ1v) is 6.34. The van der Waals surface area contributed by atoms with Crippen LogP contribution in [0.1, 0.15) is 33.3 Å². The van der Waals surface area contributed by atoms with Gasteiger partial charge in [0.25, 0.3) is 0 Å². The quantitative estimate of drug-likeness (QED) is 0.774. The summed E-state index contributed by atoms with van der Waals surface area (Å²) in [5.41, 5.74) is 0.713. The molecule has 1 heterocycles. The minimum Gasteiger partial charge on any atom is -0.443 e. The summed E-state index contributed by atoms with van der Waals surface area (Å²) in [6.07, 6.45) is 1.75. The maximum absolute atomic E-state index is 13.7. The van der Waals surface area contributed by atoms with E-state index in [1.54, 1.807) is 18.3 Å². The zero-order valence-corrected chi connectivity index (χ0v) is 11.7. The normalized spacial score (nSPS) is 11.8. The van der Waals surface area contributed by atoms with E-state index in [0.29, 0.717) is 22.9 Å². The molecule has 3 nitrogen and oxygen atoms in total. The van der Waals surface area contributed by atoms with Gasteiger partial charge in [0.15, 0.2) is 0 Å². The minimum atomic E-state index is -0.554. The molecule has 19 heavy (non-hydrogen) atoms. The van der Waals surface area contributed by atoms with Gasteiger partial charge in [0.2, 0.25) is 0 Å². The standard InChI is InChI=1S/C15H18FNO2/c1-5-10-9-13-11(8-12(10)16)6-7-17(13)14(18)19-15(2,3)4/h6-9H,5H2,1-4H3. The number of nitrogens with zero attached hydrogens (tertiary/aromatic N) is 1. The Hall–Kier alpha value is -1.84. The van der Waals surface area contributed by atoms with Gasteiger partial charge in [-0.3, -0.25) is 4.57 Å². The van der Waals surface area contributed by atoms with E-state index >= 15 is 0 Å². The van der Waals surface area contributed by atoms with Crippen molar-refractivity contribution in [3.8, 4) is 0 Å². The summed E-state index contributed by atoms with van der Waals surface area (Å²) in [6.45, 7) is 7.32. The number of rotatable bonds is 1. The molecule has 0 atom stereocenters. The number of benzene rings is 1. The predicted molar refractivity (Wildman–Crippen MR) is 72.9 cm³/mol. The van der Waals surface area contributed by atoms with Crippen LogP contribution in [0.3, 0.4) is 0 Å².